The highest BCUT2D eigenvalue weighted by molar-refractivity contribution is 7.25. The van der Waals surface area contributed by atoms with Crippen molar-refractivity contribution in [3.8, 4) is 0 Å². The molecule has 7 aromatic carbocycles. The minimum atomic E-state index is 1.16. The molecule has 0 saturated heterocycles. The molecule has 2 heteroatoms. The van der Waals surface area contributed by atoms with Crippen LogP contribution in [0.3, 0.4) is 0 Å². The van der Waals surface area contributed by atoms with E-state index in [4.69, 9.17) is 0 Å². The standard InChI is InChI=1S/C36H23NS/c1-2-12-27-22-36-31(21-26(27)11-1)32-23-28(19-20-35(32)38-36)37(33-17-7-13-24-9-3-5-15-29(24)33)34-18-8-14-25-10-4-6-16-30(25)34/h1-23H. The van der Waals surface area contributed by atoms with Crippen LogP contribution < -0.4 is 4.90 Å². The molecule has 0 bridgehead atoms. The molecular formula is C36H23NS. The van der Waals surface area contributed by atoms with Crippen LogP contribution in [0.2, 0.25) is 0 Å². The van der Waals surface area contributed by atoms with Crippen molar-refractivity contribution in [3.63, 3.8) is 0 Å². The van der Waals surface area contributed by atoms with E-state index in [1.807, 2.05) is 11.3 Å². The van der Waals surface area contributed by atoms with Gasteiger partial charge in [0.2, 0.25) is 0 Å². The minimum absolute atomic E-state index is 1.16. The number of anilines is 3. The third-order valence-electron chi connectivity index (χ3n) is 7.59. The Morgan fingerprint density at radius 2 is 0.895 bits per heavy atom. The van der Waals surface area contributed by atoms with Crippen LogP contribution in [0.4, 0.5) is 17.1 Å². The molecule has 1 nitrogen and oxygen atoms in total. The lowest BCUT2D eigenvalue weighted by atomic mass is 10.0. The number of nitrogens with zero attached hydrogens (tertiary/aromatic N) is 1. The first-order valence-corrected chi connectivity index (χ1v) is 13.8. The van der Waals surface area contributed by atoms with Crippen molar-refractivity contribution in [1.82, 2.24) is 0 Å². The molecule has 0 unspecified atom stereocenters. The molecule has 1 heterocycles. The fraction of sp³-hybridized carbons (Fsp3) is 0. The van der Waals surface area contributed by atoms with E-state index in [-0.39, 0.29) is 0 Å². The predicted molar refractivity (Wildman–Crippen MR) is 167 cm³/mol. The number of rotatable bonds is 3. The summed E-state index contributed by atoms with van der Waals surface area (Å²) in [5.74, 6) is 0. The molecule has 0 amide bonds. The van der Waals surface area contributed by atoms with Gasteiger partial charge in [-0.2, -0.15) is 0 Å². The van der Waals surface area contributed by atoms with E-state index in [0.29, 0.717) is 0 Å². The molecule has 0 aliphatic carbocycles. The SMILES string of the molecule is c1ccc2cc3c(cc2c1)sc1ccc(N(c2cccc4ccccc24)c2cccc4ccccc24)cc13. The molecule has 8 aromatic rings. The van der Waals surface area contributed by atoms with Crippen molar-refractivity contribution in [2.24, 2.45) is 0 Å². The van der Waals surface area contributed by atoms with Gasteiger partial charge in [-0.1, -0.05) is 97.1 Å². The Morgan fingerprint density at radius 1 is 0.368 bits per heavy atom. The van der Waals surface area contributed by atoms with Crippen LogP contribution in [0.1, 0.15) is 0 Å². The smallest absolute Gasteiger partial charge is 0.0540 e. The van der Waals surface area contributed by atoms with Gasteiger partial charge in [0.25, 0.3) is 0 Å². The normalized spacial score (nSPS) is 11.7. The Balaban J connectivity index is 1.44. The van der Waals surface area contributed by atoms with E-state index in [1.165, 1.54) is 63.9 Å². The zero-order valence-electron chi connectivity index (χ0n) is 20.6. The summed E-state index contributed by atoms with van der Waals surface area (Å²) < 4.78 is 2.65. The van der Waals surface area contributed by atoms with E-state index in [0.717, 1.165) is 5.69 Å². The number of thiophene rings is 1. The summed E-state index contributed by atoms with van der Waals surface area (Å²) in [5, 5.41) is 10.2. The molecule has 0 aliphatic heterocycles. The molecule has 0 N–H and O–H groups in total. The van der Waals surface area contributed by atoms with Crippen molar-refractivity contribution in [1.29, 1.82) is 0 Å². The largest absolute Gasteiger partial charge is 0.309 e. The Labute approximate surface area is 224 Å². The predicted octanol–water partition coefficient (Wildman–Crippen LogP) is 11.0. The summed E-state index contributed by atoms with van der Waals surface area (Å²) in [5.41, 5.74) is 3.53. The van der Waals surface area contributed by atoms with Crippen molar-refractivity contribution in [2.75, 3.05) is 4.90 Å². The van der Waals surface area contributed by atoms with Crippen LogP contribution in [0.5, 0.6) is 0 Å². The van der Waals surface area contributed by atoms with Crippen LogP contribution in [0, 0.1) is 0 Å². The number of benzene rings is 7. The molecule has 1 aromatic heterocycles. The molecular weight excluding hydrogens is 478 g/mol. The van der Waals surface area contributed by atoms with Gasteiger partial charge in [0.15, 0.2) is 0 Å². The first-order valence-electron chi connectivity index (χ1n) is 12.9. The average Bonchev–Trinajstić information content (AvgIpc) is 3.33. The molecule has 38 heavy (non-hydrogen) atoms. The summed E-state index contributed by atoms with van der Waals surface area (Å²) in [7, 11) is 0. The van der Waals surface area contributed by atoms with Crippen LogP contribution >= 0.6 is 11.3 Å². The van der Waals surface area contributed by atoms with Crippen LogP contribution in [0.25, 0.3) is 52.5 Å². The zero-order valence-corrected chi connectivity index (χ0v) is 21.5. The van der Waals surface area contributed by atoms with Crippen molar-refractivity contribution < 1.29 is 0 Å². The molecule has 178 valence electrons. The van der Waals surface area contributed by atoms with Crippen LogP contribution in [-0.4, -0.2) is 0 Å². The summed E-state index contributed by atoms with van der Waals surface area (Å²) in [6.45, 7) is 0. The van der Waals surface area contributed by atoms with E-state index < -0.39 is 0 Å². The van der Waals surface area contributed by atoms with E-state index in [2.05, 4.69) is 144 Å². The Bertz CT molecular complexity index is 2060. The van der Waals surface area contributed by atoms with Gasteiger partial charge in [-0.3, -0.25) is 0 Å². The van der Waals surface area contributed by atoms with E-state index >= 15 is 0 Å². The zero-order chi connectivity index (χ0) is 25.1. The van der Waals surface area contributed by atoms with Crippen molar-refractivity contribution in [2.45, 2.75) is 0 Å². The molecule has 0 saturated carbocycles. The summed E-state index contributed by atoms with van der Waals surface area (Å²) >= 11 is 1.88. The summed E-state index contributed by atoms with van der Waals surface area (Å²) in [4.78, 5) is 2.44. The van der Waals surface area contributed by atoms with Crippen LogP contribution in [0.15, 0.2) is 140 Å². The Kier molecular flexibility index (Phi) is 4.76. The maximum absolute atomic E-state index is 2.44. The second kappa shape index (κ2) is 8.44. The highest BCUT2D eigenvalue weighted by atomic mass is 32.1. The highest BCUT2D eigenvalue weighted by Crippen LogP contribution is 2.45. The molecule has 8 rings (SSSR count). The quantitative estimate of drug-likeness (QED) is 0.233. The summed E-state index contributed by atoms with van der Waals surface area (Å²) in [6, 6.07) is 50.8. The average molecular weight is 502 g/mol. The van der Waals surface area contributed by atoms with Crippen LogP contribution in [-0.2, 0) is 0 Å². The Morgan fingerprint density at radius 3 is 1.55 bits per heavy atom. The number of hydrogen-bond acceptors (Lipinski definition) is 2. The minimum Gasteiger partial charge on any atom is -0.309 e. The lowest BCUT2D eigenvalue weighted by Crippen LogP contribution is -2.11. The lowest BCUT2D eigenvalue weighted by Gasteiger charge is -2.28. The lowest BCUT2D eigenvalue weighted by molar-refractivity contribution is 1.32. The maximum Gasteiger partial charge on any atom is 0.0540 e. The number of hydrogen-bond donors (Lipinski definition) is 0. The first-order chi connectivity index (χ1) is 18.8. The van der Waals surface area contributed by atoms with Gasteiger partial charge in [0, 0.05) is 36.6 Å². The second-order valence-corrected chi connectivity index (χ2v) is 10.9. The number of fused-ring (bicyclic) bond motifs is 6. The van der Waals surface area contributed by atoms with E-state index in [9.17, 15) is 0 Å². The van der Waals surface area contributed by atoms with Gasteiger partial charge in [-0.05, 0) is 64.0 Å². The van der Waals surface area contributed by atoms with Gasteiger partial charge in [0.1, 0.15) is 0 Å². The third-order valence-corrected chi connectivity index (χ3v) is 8.73. The summed E-state index contributed by atoms with van der Waals surface area (Å²) in [6.07, 6.45) is 0. The first kappa shape index (κ1) is 21.4. The molecule has 0 spiro atoms. The fourth-order valence-electron chi connectivity index (χ4n) is 5.80. The Hall–Kier alpha value is -4.66. The molecule has 0 atom stereocenters. The second-order valence-electron chi connectivity index (χ2n) is 9.81. The monoisotopic (exact) mass is 501 g/mol. The van der Waals surface area contributed by atoms with E-state index in [1.54, 1.807) is 0 Å². The maximum atomic E-state index is 2.44. The topological polar surface area (TPSA) is 3.24 Å². The van der Waals surface area contributed by atoms with Gasteiger partial charge >= 0.3 is 0 Å². The van der Waals surface area contributed by atoms with Crippen molar-refractivity contribution in [3.05, 3.63) is 140 Å². The van der Waals surface area contributed by atoms with Gasteiger partial charge in [-0.25, -0.2) is 0 Å². The van der Waals surface area contributed by atoms with Gasteiger partial charge in [-0.15, -0.1) is 11.3 Å². The van der Waals surface area contributed by atoms with Gasteiger partial charge in [0.05, 0.1) is 11.4 Å². The fourth-order valence-corrected chi connectivity index (χ4v) is 6.92. The third kappa shape index (κ3) is 3.31. The highest BCUT2D eigenvalue weighted by Gasteiger charge is 2.19. The van der Waals surface area contributed by atoms with Gasteiger partial charge < -0.3 is 4.90 Å². The molecule has 0 radical (unpaired) electrons. The molecule has 0 fully saturated rings. The molecule has 0 aliphatic rings. The van der Waals surface area contributed by atoms with Crippen molar-refractivity contribution >= 4 is 80.9 Å².